The maximum absolute atomic E-state index is 12.8. The van der Waals surface area contributed by atoms with Crippen LogP contribution in [0.25, 0.3) is 0 Å². The number of pyridine rings is 1. The third-order valence-corrected chi connectivity index (χ3v) is 6.81. The first-order valence-electron chi connectivity index (χ1n) is 10.3. The van der Waals surface area contributed by atoms with Gasteiger partial charge in [0.15, 0.2) is 0 Å². The molecule has 3 fully saturated rings. The zero-order valence-electron chi connectivity index (χ0n) is 16.3. The minimum atomic E-state index is -0.623. The molecule has 0 aromatic carbocycles. The van der Waals surface area contributed by atoms with Crippen LogP contribution in [0.15, 0.2) is 18.3 Å². The fraction of sp³-hybridized carbons (Fsp3) is 0.714. The summed E-state index contributed by atoms with van der Waals surface area (Å²) < 4.78 is 5.38. The molecule has 1 aliphatic carbocycles. The predicted molar refractivity (Wildman–Crippen MR) is 102 cm³/mol. The Morgan fingerprint density at radius 1 is 1.30 bits per heavy atom. The Kier molecular flexibility index (Phi) is 5.37. The van der Waals surface area contributed by atoms with Crippen molar-refractivity contribution in [3.05, 3.63) is 23.9 Å². The van der Waals surface area contributed by atoms with Crippen LogP contribution in [0.3, 0.4) is 0 Å². The van der Waals surface area contributed by atoms with Gasteiger partial charge in [-0.1, -0.05) is 18.9 Å². The summed E-state index contributed by atoms with van der Waals surface area (Å²) in [4.78, 5) is 21.5. The van der Waals surface area contributed by atoms with Crippen molar-refractivity contribution in [1.82, 2.24) is 14.8 Å². The molecule has 0 bridgehead atoms. The topological polar surface area (TPSA) is 65.9 Å². The molecule has 27 heavy (non-hydrogen) atoms. The summed E-state index contributed by atoms with van der Waals surface area (Å²) in [5, 5.41) is 11.1. The quantitative estimate of drug-likeness (QED) is 0.875. The van der Waals surface area contributed by atoms with E-state index in [9.17, 15) is 9.90 Å². The fourth-order valence-electron chi connectivity index (χ4n) is 5.12. The smallest absolute Gasteiger partial charge is 0.225 e. The van der Waals surface area contributed by atoms with Crippen molar-refractivity contribution < 1.29 is 14.6 Å². The van der Waals surface area contributed by atoms with Crippen LogP contribution in [0.2, 0.25) is 0 Å². The van der Waals surface area contributed by atoms with Gasteiger partial charge in [0.2, 0.25) is 11.8 Å². The minimum absolute atomic E-state index is 0.119. The van der Waals surface area contributed by atoms with E-state index in [1.165, 1.54) is 12.8 Å². The highest BCUT2D eigenvalue weighted by Crippen LogP contribution is 2.37. The van der Waals surface area contributed by atoms with Crippen LogP contribution in [-0.4, -0.2) is 64.7 Å². The van der Waals surface area contributed by atoms with Crippen molar-refractivity contribution in [1.29, 1.82) is 0 Å². The summed E-state index contributed by atoms with van der Waals surface area (Å²) >= 11 is 0. The first-order chi connectivity index (χ1) is 13.1. The number of amides is 1. The number of aromatic nitrogens is 1. The second-order valence-electron chi connectivity index (χ2n) is 8.47. The van der Waals surface area contributed by atoms with Gasteiger partial charge in [-0.25, -0.2) is 4.98 Å². The monoisotopic (exact) mass is 373 g/mol. The van der Waals surface area contributed by atoms with E-state index in [4.69, 9.17) is 4.74 Å². The maximum Gasteiger partial charge on any atom is 0.225 e. The summed E-state index contributed by atoms with van der Waals surface area (Å²) in [7, 11) is 1.65. The predicted octanol–water partition coefficient (Wildman–Crippen LogP) is 2.07. The van der Waals surface area contributed by atoms with Gasteiger partial charge in [-0.15, -0.1) is 0 Å². The first kappa shape index (κ1) is 18.7. The Hall–Kier alpha value is -1.66. The lowest BCUT2D eigenvalue weighted by atomic mass is 9.75. The number of hydrogen-bond donors (Lipinski definition) is 1. The Morgan fingerprint density at radius 2 is 2.07 bits per heavy atom. The van der Waals surface area contributed by atoms with E-state index in [1.807, 2.05) is 17.0 Å². The number of piperidine rings is 2. The van der Waals surface area contributed by atoms with Gasteiger partial charge in [0.1, 0.15) is 0 Å². The second-order valence-corrected chi connectivity index (χ2v) is 8.47. The van der Waals surface area contributed by atoms with Crippen LogP contribution in [-0.2, 0) is 11.3 Å². The van der Waals surface area contributed by atoms with E-state index in [2.05, 4.69) is 9.88 Å². The van der Waals surface area contributed by atoms with Gasteiger partial charge >= 0.3 is 0 Å². The van der Waals surface area contributed by atoms with Crippen molar-refractivity contribution in [3.63, 3.8) is 0 Å². The van der Waals surface area contributed by atoms with Gasteiger partial charge in [0.25, 0.3) is 0 Å². The zero-order chi connectivity index (χ0) is 18.9. The van der Waals surface area contributed by atoms with E-state index >= 15 is 0 Å². The van der Waals surface area contributed by atoms with Gasteiger partial charge < -0.3 is 14.7 Å². The largest absolute Gasteiger partial charge is 0.481 e. The molecule has 0 unspecified atom stereocenters. The summed E-state index contributed by atoms with van der Waals surface area (Å²) in [6, 6.07) is 3.98. The van der Waals surface area contributed by atoms with Crippen LogP contribution in [0, 0.1) is 11.8 Å². The molecule has 3 aliphatic rings. The Morgan fingerprint density at radius 3 is 2.85 bits per heavy atom. The number of nitrogens with zero attached hydrogens (tertiary/aromatic N) is 3. The molecular weight excluding hydrogens is 342 g/mol. The second kappa shape index (κ2) is 7.76. The lowest BCUT2D eigenvalue weighted by Gasteiger charge is -2.50. The Balaban J connectivity index is 1.42. The summed E-state index contributed by atoms with van der Waals surface area (Å²) in [6.07, 6.45) is 7.65. The van der Waals surface area contributed by atoms with Gasteiger partial charge in [-0.05, 0) is 31.7 Å². The molecule has 1 amide bonds. The van der Waals surface area contributed by atoms with E-state index in [0.29, 0.717) is 31.3 Å². The molecule has 148 valence electrons. The zero-order valence-corrected chi connectivity index (χ0v) is 16.3. The number of likely N-dealkylation sites (tertiary alicyclic amines) is 2. The van der Waals surface area contributed by atoms with Crippen molar-refractivity contribution in [3.8, 4) is 5.88 Å². The number of methoxy groups -OCH3 is 1. The number of fused-ring (bicyclic) bond motifs is 1. The van der Waals surface area contributed by atoms with Gasteiger partial charge in [0.05, 0.1) is 12.7 Å². The number of carbonyl (C=O) groups excluding carboxylic acids is 1. The SMILES string of the molecule is COc1ncccc1CN1CC[C@@]2(O)CCN(C(=O)C3CCCC3)C[C@H]2C1. The lowest BCUT2D eigenvalue weighted by Crippen LogP contribution is -2.60. The summed E-state index contributed by atoms with van der Waals surface area (Å²) in [5.74, 6) is 1.32. The molecule has 2 aliphatic heterocycles. The highest BCUT2D eigenvalue weighted by molar-refractivity contribution is 5.79. The number of carbonyl (C=O) groups is 1. The molecule has 4 rings (SSSR count). The molecule has 1 aromatic heterocycles. The van der Waals surface area contributed by atoms with Crippen LogP contribution in [0.4, 0.5) is 0 Å². The molecule has 6 heteroatoms. The summed E-state index contributed by atoms with van der Waals surface area (Å²) in [6.45, 7) is 3.83. The van der Waals surface area contributed by atoms with Crippen molar-refractivity contribution in [2.75, 3.05) is 33.3 Å². The molecular formula is C21H31N3O3. The standard InChI is InChI=1S/C21H31N3O3/c1-27-19-17(7-4-10-22-19)13-23-11-8-21(26)9-12-24(15-18(21)14-23)20(25)16-5-2-3-6-16/h4,7,10,16,18,26H,2-3,5-6,8-9,11-15H2,1H3/t18-,21-/m1/s1. The van der Waals surface area contributed by atoms with Gasteiger partial charge in [-0.2, -0.15) is 0 Å². The van der Waals surface area contributed by atoms with E-state index in [1.54, 1.807) is 13.3 Å². The van der Waals surface area contributed by atoms with Crippen LogP contribution in [0.1, 0.15) is 44.1 Å². The van der Waals surface area contributed by atoms with Crippen molar-refractivity contribution >= 4 is 5.91 Å². The van der Waals surface area contributed by atoms with Crippen molar-refractivity contribution in [2.45, 2.75) is 50.7 Å². The van der Waals surface area contributed by atoms with E-state index < -0.39 is 5.60 Å². The molecule has 0 radical (unpaired) electrons. The molecule has 3 heterocycles. The molecule has 2 atom stereocenters. The number of hydrogen-bond acceptors (Lipinski definition) is 5. The molecule has 6 nitrogen and oxygen atoms in total. The Bertz CT molecular complexity index is 676. The number of ether oxygens (including phenoxy) is 1. The maximum atomic E-state index is 12.8. The molecule has 1 aromatic rings. The third-order valence-electron chi connectivity index (χ3n) is 6.81. The Labute approximate surface area is 161 Å². The number of rotatable bonds is 4. The highest BCUT2D eigenvalue weighted by Gasteiger charge is 2.46. The summed E-state index contributed by atoms with van der Waals surface area (Å²) in [5.41, 5.74) is 0.447. The number of aliphatic hydroxyl groups is 1. The van der Waals surface area contributed by atoms with Gasteiger partial charge in [0, 0.05) is 56.3 Å². The average molecular weight is 373 g/mol. The lowest BCUT2D eigenvalue weighted by molar-refractivity contribution is -0.150. The molecule has 0 spiro atoms. The molecule has 1 N–H and O–H groups in total. The first-order valence-corrected chi connectivity index (χ1v) is 10.3. The van der Waals surface area contributed by atoms with E-state index in [-0.39, 0.29) is 11.8 Å². The third kappa shape index (κ3) is 3.83. The average Bonchev–Trinajstić information content (AvgIpc) is 3.22. The van der Waals surface area contributed by atoms with Crippen LogP contribution >= 0.6 is 0 Å². The highest BCUT2D eigenvalue weighted by atomic mass is 16.5. The molecule has 1 saturated carbocycles. The van der Waals surface area contributed by atoms with Crippen LogP contribution in [0.5, 0.6) is 5.88 Å². The van der Waals surface area contributed by atoms with Crippen molar-refractivity contribution in [2.24, 2.45) is 11.8 Å². The normalized spacial score (nSPS) is 29.6. The minimum Gasteiger partial charge on any atom is -0.481 e. The van der Waals surface area contributed by atoms with Gasteiger partial charge in [-0.3, -0.25) is 9.69 Å². The fourth-order valence-corrected chi connectivity index (χ4v) is 5.12. The van der Waals surface area contributed by atoms with Crippen LogP contribution < -0.4 is 4.74 Å². The molecule has 2 saturated heterocycles. The van der Waals surface area contributed by atoms with E-state index in [0.717, 1.165) is 44.5 Å².